The second kappa shape index (κ2) is 7.55. The molecule has 0 N–H and O–H groups in total. The second-order valence-electron chi connectivity index (χ2n) is 2.52. The first-order valence-electron chi connectivity index (χ1n) is 4.46. The van der Waals surface area contributed by atoms with E-state index in [1.807, 2.05) is 6.92 Å². The van der Waals surface area contributed by atoms with E-state index >= 15 is 0 Å². The maximum atomic E-state index is 10.9. The molecule has 0 aromatic rings. The van der Waals surface area contributed by atoms with Crippen LogP contribution in [0.1, 0.15) is 13.3 Å². The van der Waals surface area contributed by atoms with E-state index in [0.29, 0.717) is 6.42 Å². The molecule has 0 aromatic carbocycles. The van der Waals surface area contributed by atoms with Crippen LogP contribution in [-0.2, 0) is 19.1 Å². The van der Waals surface area contributed by atoms with Crippen molar-refractivity contribution in [3.05, 3.63) is 37.1 Å². The van der Waals surface area contributed by atoms with Crippen molar-refractivity contribution >= 4 is 11.9 Å². The van der Waals surface area contributed by atoms with Gasteiger partial charge in [0.15, 0.2) is 0 Å². The Morgan fingerprint density at radius 3 is 2.27 bits per heavy atom. The van der Waals surface area contributed by atoms with Gasteiger partial charge in [-0.05, 0) is 12.5 Å². The van der Waals surface area contributed by atoms with Gasteiger partial charge in [-0.1, -0.05) is 20.1 Å². The fourth-order valence-electron chi connectivity index (χ4n) is 0.730. The molecule has 4 nitrogen and oxygen atoms in total. The lowest BCUT2D eigenvalue weighted by atomic mass is 10.4. The van der Waals surface area contributed by atoms with Gasteiger partial charge in [-0.25, -0.2) is 9.59 Å². The lowest BCUT2D eigenvalue weighted by Gasteiger charge is -2.06. The number of carbonyl (C=O) groups excluding carboxylic acids is 2. The molecule has 0 radical (unpaired) electrons. The maximum Gasteiger partial charge on any atom is 0.335 e. The summed E-state index contributed by atoms with van der Waals surface area (Å²) in [6.45, 7) is 8.29. The third-order valence-electron chi connectivity index (χ3n) is 1.35. The molecule has 0 saturated carbocycles. The molecule has 0 unspecified atom stereocenters. The first-order valence-corrected chi connectivity index (χ1v) is 4.46. The van der Waals surface area contributed by atoms with Gasteiger partial charge in [0.1, 0.15) is 12.4 Å². The Balaban J connectivity index is 4.22. The number of ether oxygens (including phenoxy) is 2. The van der Waals surface area contributed by atoms with E-state index in [4.69, 9.17) is 9.47 Å². The molecule has 82 valence electrons. The van der Waals surface area contributed by atoms with Gasteiger partial charge < -0.3 is 9.47 Å². The lowest BCUT2D eigenvalue weighted by molar-refractivity contribution is -0.141. The highest BCUT2D eigenvalue weighted by molar-refractivity contribution is 5.82. The van der Waals surface area contributed by atoms with Crippen molar-refractivity contribution in [2.75, 3.05) is 6.61 Å². The van der Waals surface area contributed by atoms with Crippen LogP contribution < -0.4 is 0 Å². The lowest BCUT2D eigenvalue weighted by Crippen LogP contribution is -2.09. The van der Waals surface area contributed by atoms with Crippen LogP contribution in [0.3, 0.4) is 0 Å². The third-order valence-corrected chi connectivity index (χ3v) is 1.35. The molecule has 0 amide bonds. The first-order chi connectivity index (χ1) is 7.13. The zero-order valence-corrected chi connectivity index (χ0v) is 8.69. The number of hydrogen-bond donors (Lipinski definition) is 0. The molecule has 0 saturated heterocycles. The molecule has 0 aliphatic heterocycles. The van der Waals surface area contributed by atoms with Crippen molar-refractivity contribution in [1.82, 2.24) is 0 Å². The largest absolute Gasteiger partial charge is 0.454 e. The number of esters is 2. The van der Waals surface area contributed by atoms with Crippen LogP contribution in [0.5, 0.6) is 0 Å². The van der Waals surface area contributed by atoms with Gasteiger partial charge in [-0.2, -0.15) is 0 Å². The van der Waals surface area contributed by atoms with Crippen LogP contribution in [0, 0.1) is 0 Å². The van der Waals surface area contributed by atoms with Gasteiger partial charge in [0.2, 0.25) is 0 Å². The third kappa shape index (κ3) is 6.26. The monoisotopic (exact) mass is 210 g/mol. The molecule has 0 bridgehead atoms. The topological polar surface area (TPSA) is 52.6 Å². The van der Waals surface area contributed by atoms with E-state index in [-0.39, 0.29) is 12.4 Å². The summed E-state index contributed by atoms with van der Waals surface area (Å²) in [7, 11) is 0. The minimum Gasteiger partial charge on any atom is -0.454 e. The summed E-state index contributed by atoms with van der Waals surface area (Å²) < 4.78 is 9.54. The van der Waals surface area contributed by atoms with Crippen molar-refractivity contribution in [3.63, 3.8) is 0 Å². The Kier molecular flexibility index (Phi) is 6.63. The summed E-state index contributed by atoms with van der Waals surface area (Å²) in [4.78, 5) is 21.6. The van der Waals surface area contributed by atoms with E-state index in [1.54, 1.807) is 6.08 Å². The maximum absolute atomic E-state index is 10.9. The summed E-state index contributed by atoms with van der Waals surface area (Å²) in [5.74, 6) is -0.853. The summed E-state index contributed by atoms with van der Waals surface area (Å²) in [6, 6.07) is 0. The highest BCUT2D eigenvalue weighted by atomic mass is 16.6. The number of rotatable bonds is 6. The van der Waals surface area contributed by atoms with Crippen LogP contribution in [0.15, 0.2) is 37.1 Å². The quantitative estimate of drug-likeness (QED) is 0.380. The summed E-state index contributed by atoms with van der Waals surface area (Å²) >= 11 is 0. The number of allylic oxidation sites excluding steroid dienone is 1. The Hall–Kier alpha value is -1.84. The van der Waals surface area contributed by atoms with Crippen molar-refractivity contribution in [3.8, 4) is 0 Å². The Morgan fingerprint density at radius 2 is 1.80 bits per heavy atom. The van der Waals surface area contributed by atoms with Crippen LogP contribution in [0.2, 0.25) is 0 Å². The van der Waals surface area contributed by atoms with Gasteiger partial charge in [-0.3, -0.25) is 0 Å². The van der Waals surface area contributed by atoms with Gasteiger partial charge in [0, 0.05) is 12.2 Å². The molecule has 0 heterocycles. The van der Waals surface area contributed by atoms with E-state index < -0.39 is 11.9 Å². The van der Waals surface area contributed by atoms with Crippen molar-refractivity contribution < 1.29 is 19.1 Å². The van der Waals surface area contributed by atoms with E-state index in [2.05, 4.69) is 13.2 Å². The molecule has 15 heavy (non-hydrogen) atoms. The Morgan fingerprint density at radius 1 is 1.20 bits per heavy atom. The van der Waals surface area contributed by atoms with Gasteiger partial charge in [0.05, 0.1) is 0 Å². The van der Waals surface area contributed by atoms with Crippen molar-refractivity contribution in [2.45, 2.75) is 13.3 Å². The predicted octanol–water partition coefficient (Wildman–Crippen LogP) is 1.74. The Bertz CT molecular complexity index is 289. The van der Waals surface area contributed by atoms with E-state index in [1.165, 1.54) is 0 Å². The molecule has 4 heteroatoms. The molecule has 0 aliphatic carbocycles. The zero-order valence-electron chi connectivity index (χ0n) is 8.69. The molecule has 0 fully saturated rings. The fraction of sp³-hybridized carbons (Fsp3) is 0.273. The van der Waals surface area contributed by atoms with Crippen LogP contribution >= 0.6 is 0 Å². The zero-order chi connectivity index (χ0) is 11.7. The first kappa shape index (κ1) is 13.2. The average molecular weight is 210 g/mol. The van der Waals surface area contributed by atoms with Crippen LogP contribution in [0.25, 0.3) is 0 Å². The van der Waals surface area contributed by atoms with Crippen molar-refractivity contribution in [1.29, 1.82) is 0 Å². The smallest absolute Gasteiger partial charge is 0.335 e. The summed E-state index contributed by atoms with van der Waals surface area (Å²) in [6.07, 6.45) is 4.40. The molecular weight excluding hydrogens is 196 g/mol. The normalized spacial score (nSPS) is 10.3. The highest BCUT2D eigenvalue weighted by Crippen LogP contribution is 2.02. The average Bonchev–Trinajstić information content (AvgIpc) is 2.25. The number of hydrogen-bond acceptors (Lipinski definition) is 4. The highest BCUT2D eigenvalue weighted by Gasteiger charge is 2.05. The van der Waals surface area contributed by atoms with E-state index in [9.17, 15) is 9.59 Å². The van der Waals surface area contributed by atoms with Gasteiger partial charge in [0.25, 0.3) is 0 Å². The van der Waals surface area contributed by atoms with Crippen molar-refractivity contribution in [2.24, 2.45) is 0 Å². The summed E-state index contributed by atoms with van der Waals surface area (Å²) in [5, 5.41) is 0. The molecule has 0 aliphatic rings. The second-order valence-corrected chi connectivity index (χ2v) is 2.52. The standard InChI is InChI=1S/C11H14O4/c1-4-7-9(15-11(13)6-3)8-14-10(12)5-2/h5-7H,2-4,8H2,1H3. The van der Waals surface area contributed by atoms with Gasteiger partial charge in [-0.15, -0.1) is 0 Å². The van der Waals surface area contributed by atoms with E-state index in [0.717, 1.165) is 12.2 Å². The minimum atomic E-state index is -0.579. The number of carbonyl (C=O) groups is 2. The SMILES string of the molecule is C=CC(=O)OCC(=CCC)OC(=O)C=C. The molecule has 0 aromatic heterocycles. The van der Waals surface area contributed by atoms with Gasteiger partial charge >= 0.3 is 11.9 Å². The molecule has 0 spiro atoms. The minimum absolute atomic E-state index is 0.0850. The predicted molar refractivity (Wildman–Crippen MR) is 55.8 cm³/mol. The summed E-state index contributed by atoms with van der Waals surface area (Å²) in [5.41, 5.74) is 0. The molecule has 0 rings (SSSR count). The van der Waals surface area contributed by atoms with Crippen LogP contribution in [0.4, 0.5) is 0 Å². The molecule has 0 atom stereocenters. The Labute approximate surface area is 88.9 Å². The fourth-order valence-corrected chi connectivity index (χ4v) is 0.730. The molecular formula is C11H14O4. The van der Waals surface area contributed by atoms with Crippen LogP contribution in [-0.4, -0.2) is 18.5 Å².